The second-order valence-corrected chi connectivity index (χ2v) is 6.18. The molecule has 2 heterocycles. The predicted molar refractivity (Wildman–Crippen MR) is 84.8 cm³/mol. The fourth-order valence-corrected chi connectivity index (χ4v) is 3.56. The number of alkyl halides is 2. The third-order valence-corrected chi connectivity index (χ3v) is 4.66. The van der Waals surface area contributed by atoms with Crippen LogP contribution in [0.2, 0.25) is 5.02 Å². The van der Waals surface area contributed by atoms with Gasteiger partial charge in [0.1, 0.15) is 0 Å². The minimum Gasteiger partial charge on any atom is -0.357 e. The normalized spacial score (nSPS) is 27.8. The van der Waals surface area contributed by atoms with Gasteiger partial charge < -0.3 is 10.3 Å². The molecule has 1 aliphatic heterocycles. The van der Waals surface area contributed by atoms with Crippen molar-refractivity contribution in [3.8, 4) is 0 Å². The topological polar surface area (TPSA) is 27.8 Å². The van der Waals surface area contributed by atoms with Crippen molar-refractivity contribution in [3.63, 3.8) is 0 Å². The lowest BCUT2D eigenvalue weighted by molar-refractivity contribution is 0.222. The average molecular weight is 321 g/mol. The number of hydrogen-bond acceptors (Lipinski definition) is 1. The summed E-state index contributed by atoms with van der Waals surface area (Å²) in [6.45, 7) is 0.724. The van der Waals surface area contributed by atoms with E-state index in [4.69, 9.17) is 11.6 Å². The van der Waals surface area contributed by atoms with Crippen LogP contribution in [0.3, 0.4) is 0 Å². The molecule has 3 unspecified atom stereocenters. The first kappa shape index (κ1) is 14.0. The van der Waals surface area contributed by atoms with Crippen molar-refractivity contribution in [2.45, 2.75) is 24.8 Å². The van der Waals surface area contributed by atoms with Crippen molar-refractivity contribution >= 4 is 22.5 Å². The van der Waals surface area contributed by atoms with Crippen LogP contribution in [0.25, 0.3) is 10.9 Å². The molecule has 5 heteroatoms. The summed E-state index contributed by atoms with van der Waals surface area (Å²) in [5, 5.41) is 5.04. The van der Waals surface area contributed by atoms with E-state index < -0.39 is 12.3 Å². The number of aromatic amines is 1. The van der Waals surface area contributed by atoms with Gasteiger partial charge in [-0.05, 0) is 41.8 Å². The van der Waals surface area contributed by atoms with E-state index in [0.717, 1.165) is 35.1 Å². The molecule has 3 atom stereocenters. The van der Waals surface area contributed by atoms with E-state index in [9.17, 15) is 8.78 Å². The molecule has 114 valence electrons. The van der Waals surface area contributed by atoms with Gasteiger partial charge in [-0.2, -0.15) is 0 Å². The Morgan fingerprint density at radius 1 is 1.23 bits per heavy atom. The van der Waals surface area contributed by atoms with Gasteiger partial charge in [-0.25, -0.2) is 8.78 Å². The molecule has 2 nitrogen and oxygen atoms in total. The van der Waals surface area contributed by atoms with Crippen LogP contribution < -0.4 is 5.32 Å². The third kappa shape index (κ3) is 2.09. The molecule has 0 saturated heterocycles. The van der Waals surface area contributed by atoms with Crippen LogP contribution in [0.4, 0.5) is 8.78 Å². The van der Waals surface area contributed by atoms with Crippen LogP contribution in [0, 0.1) is 0 Å². The predicted octanol–water partition coefficient (Wildman–Crippen LogP) is 4.18. The molecule has 0 fully saturated rings. The van der Waals surface area contributed by atoms with E-state index >= 15 is 0 Å². The van der Waals surface area contributed by atoms with Gasteiger partial charge in [-0.1, -0.05) is 23.8 Å². The number of rotatable bonds is 1. The Balaban J connectivity index is 1.84. The molecule has 0 saturated carbocycles. The Morgan fingerprint density at radius 2 is 2.09 bits per heavy atom. The van der Waals surface area contributed by atoms with Crippen molar-refractivity contribution in [1.29, 1.82) is 0 Å². The van der Waals surface area contributed by atoms with E-state index in [1.54, 1.807) is 12.2 Å². The standard InChI is InChI=1S/C17H15ClF2N2/c18-9-4-5-14-12(8-9)10-6-7-21-16(17(10)22-14)11-2-1-3-13(19)15(11)20/h1-5,8,13,15-16,21-22H,6-7H2. The van der Waals surface area contributed by atoms with Crippen molar-refractivity contribution in [3.05, 3.63) is 58.3 Å². The van der Waals surface area contributed by atoms with Crippen molar-refractivity contribution in [2.75, 3.05) is 6.54 Å². The van der Waals surface area contributed by atoms with Crippen LogP contribution in [0.15, 0.2) is 42.0 Å². The maximum atomic E-state index is 14.3. The molecule has 2 aromatic rings. The summed E-state index contributed by atoms with van der Waals surface area (Å²) in [5.74, 6) is 0. The summed E-state index contributed by atoms with van der Waals surface area (Å²) in [5.41, 5.74) is 3.47. The molecule has 4 rings (SSSR count). The number of halogens is 3. The molecule has 2 aliphatic rings. The first-order valence-electron chi connectivity index (χ1n) is 7.35. The Kier molecular flexibility index (Phi) is 3.31. The summed E-state index contributed by atoms with van der Waals surface area (Å²) < 4.78 is 27.9. The van der Waals surface area contributed by atoms with Gasteiger partial charge in [0, 0.05) is 28.2 Å². The van der Waals surface area contributed by atoms with Crippen LogP contribution >= 0.6 is 11.6 Å². The summed E-state index contributed by atoms with van der Waals surface area (Å²) >= 11 is 6.09. The fourth-order valence-electron chi connectivity index (χ4n) is 3.39. The van der Waals surface area contributed by atoms with Crippen LogP contribution in [-0.2, 0) is 6.42 Å². The zero-order chi connectivity index (χ0) is 15.3. The lowest BCUT2D eigenvalue weighted by Crippen LogP contribution is -2.36. The number of nitrogens with one attached hydrogen (secondary N) is 2. The second kappa shape index (κ2) is 5.21. The number of H-pyrrole nitrogens is 1. The van der Waals surface area contributed by atoms with Crippen LogP contribution in [-0.4, -0.2) is 23.9 Å². The van der Waals surface area contributed by atoms with Gasteiger partial charge in [0.25, 0.3) is 0 Å². The number of benzene rings is 1. The SMILES string of the molecule is FC1C=CC=C(C2NCCc3c2[nH]c2ccc(Cl)cc32)C1F. The minimum absolute atomic E-state index is 0.326. The van der Waals surface area contributed by atoms with E-state index in [2.05, 4.69) is 10.3 Å². The Hall–Kier alpha value is -1.65. The molecule has 0 amide bonds. The number of hydrogen-bond donors (Lipinski definition) is 2. The Bertz CT molecular complexity index is 793. The van der Waals surface area contributed by atoms with Gasteiger partial charge in [-0.3, -0.25) is 0 Å². The fraction of sp³-hybridized carbons (Fsp3) is 0.294. The second-order valence-electron chi connectivity index (χ2n) is 5.74. The Labute approximate surface area is 131 Å². The van der Waals surface area contributed by atoms with Gasteiger partial charge in [0.15, 0.2) is 12.3 Å². The molecular formula is C17H15ClF2N2. The minimum atomic E-state index is -1.61. The molecule has 0 radical (unpaired) electrons. The first-order chi connectivity index (χ1) is 10.6. The largest absolute Gasteiger partial charge is 0.357 e. The van der Waals surface area contributed by atoms with Gasteiger partial charge >= 0.3 is 0 Å². The molecule has 22 heavy (non-hydrogen) atoms. The average Bonchev–Trinajstić information content (AvgIpc) is 2.88. The summed E-state index contributed by atoms with van der Waals surface area (Å²) in [6, 6.07) is 5.35. The van der Waals surface area contributed by atoms with Crippen molar-refractivity contribution in [2.24, 2.45) is 0 Å². The Morgan fingerprint density at radius 3 is 2.95 bits per heavy atom. The van der Waals surface area contributed by atoms with Gasteiger partial charge in [0.2, 0.25) is 0 Å². The quantitative estimate of drug-likeness (QED) is 0.810. The van der Waals surface area contributed by atoms with E-state index in [-0.39, 0.29) is 6.04 Å². The first-order valence-corrected chi connectivity index (χ1v) is 7.73. The lowest BCUT2D eigenvalue weighted by atomic mass is 9.88. The molecule has 1 aromatic heterocycles. The molecular weight excluding hydrogens is 306 g/mol. The van der Waals surface area contributed by atoms with Crippen LogP contribution in [0.1, 0.15) is 17.3 Å². The zero-order valence-electron chi connectivity index (χ0n) is 11.7. The monoisotopic (exact) mass is 320 g/mol. The summed E-state index contributed by atoms with van der Waals surface area (Å²) in [6.07, 6.45) is 2.17. The zero-order valence-corrected chi connectivity index (χ0v) is 12.5. The highest BCUT2D eigenvalue weighted by Crippen LogP contribution is 2.38. The molecule has 1 aromatic carbocycles. The maximum Gasteiger partial charge on any atom is 0.158 e. The molecule has 2 N–H and O–H groups in total. The molecule has 0 bridgehead atoms. The smallest absolute Gasteiger partial charge is 0.158 e. The van der Waals surface area contributed by atoms with Gasteiger partial charge in [0.05, 0.1) is 6.04 Å². The maximum absolute atomic E-state index is 14.3. The van der Waals surface area contributed by atoms with E-state index in [1.807, 2.05) is 18.2 Å². The molecule has 1 aliphatic carbocycles. The number of allylic oxidation sites excluding steroid dienone is 3. The van der Waals surface area contributed by atoms with Gasteiger partial charge in [-0.15, -0.1) is 0 Å². The van der Waals surface area contributed by atoms with Crippen LogP contribution in [0.5, 0.6) is 0 Å². The van der Waals surface area contributed by atoms with Crippen molar-refractivity contribution in [1.82, 2.24) is 10.3 Å². The summed E-state index contributed by atoms with van der Waals surface area (Å²) in [4.78, 5) is 3.35. The third-order valence-electron chi connectivity index (χ3n) is 4.43. The highest BCUT2D eigenvalue weighted by Gasteiger charge is 2.34. The number of fused-ring (bicyclic) bond motifs is 3. The molecule has 0 spiro atoms. The number of aromatic nitrogens is 1. The van der Waals surface area contributed by atoms with E-state index in [1.165, 1.54) is 6.08 Å². The highest BCUT2D eigenvalue weighted by molar-refractivity contribution is 6.31. The van der Waals surface area contributed by atoms with E-state index in [0.29, 0.717) is 10.6 Å². The highest BCUT2D eigenvalue weighted by atomic mass is 35.5. The summed E-state index contributed by atoms with van der Waals surface area (Å²) in [7, 11) is 0. The lowest BCUT2D eigenvalue weighted by Gasteiger charge is -2.30. The van der Waals surface area contributed by atoms with Crippen molar-refractivity contribution < 1.29 is 8.78 Å².